The summed E-state index contributed by atoms with van der Waals surface area (Å²) in [6, 6.07) is 8.35. The number of nitrogens with one attached hydrogen (secondary N) is 2. The summed E-state index contributed by atoms with van der Waals surface area (Å²) < 4.78 is 0. The molecule has 3 rings (SSSR count). The van der Waals surface area contributed by atoms with Gasteiger partial charge in [0.25, 0.3) is 5.56 Å². The minimum atomic E-state index is -0.283. The van der Waals surface area contributed by atoms with Crippen LogP contribution < -0.4 is 10.9 Å². The zero-order valence-corrected chi connectivity index (χ0v) is 13.1. The van der Waals surface area contributed by atoms with Crippen LogP contribution in [0.1, 0.15) is 5.82 Å². The van der Waals surface area contributed by atoms with Crippen LogP contribution in [0.4, 0.5) is 5.95 Å². The molecule has 0 amide bonds. The van der Waals surface area contributed by atoms with Crippen LogP contribution in [-0.4, -0.2) is 24.9 Å². The Bertz CT molecular complexity index is 923. The summed E-state index contributed by atoms with van der Waals surface area (Å²) in [5, 5.41) is 3.57. The fourth-order valence-electron chi connectivity index (χ4n) is 1.80. The number of anilines is 1. The molecule has 0 aliphatic carbocycles. The molecular formula is C13H7Cl2N5OS. The number of rotatable bonds is 2. The Hall–Kier alpha value is -2.09. The van der Waals surface area contributed by atoms with Gasteiger partial charge in [0.05, 0.1) is 10.9 Å². The van der Waals surface area contributed by atoms with Gasteiger partial charge in [0.2, 0.25) is 5.95 Å². The van der Waals surface area contributed by atoms with Crippen molar-refractivity contribution in [2.24, 2.45) is 0 Å². The molecule has 2 heterocycles. The van der Waals surface area contributed by atoms with Crippen LogP contribution in [0.2, 0.25) is 10.3 Å². The van der Waals surface area contributed by atoms with Crippen LogP contribution in [0.25, 0.3) is 10.9 Å². The van der Waals surface area contributed by atoms with Crippen molar-refractivity contribution in [3.63, 3.8) is 0 Å². The fourth-order valence-corrected chi connectivity index (χ4v) is 2.41. The van der Waals surface area contributed by atoms with Crippen molar-refractivity contribution in [1.82, 2.24) is 19.9 Å². The van der Waals surface area contributed by atoms with Gasteiger partial charge in [-0.2, -0.15) is 0 Å². The Morgan fingerprint density at radius 2 is 1.82 bits per heavy atom. The lowest BCUT2D eigenvalue weighted by atomic mass is 10.2. The average Bonchev–Trinajstić information content (AvgIpc) is 2.46. The van der Waals surface area contributed by atoms with Crippen molar-refractivity contribution in [3.05, 3.63) is 56.8 Å². The van der Waals surface area contributed by atoms with Gasteiger partial charge in [0, 0.05) is 6.07 Å². The number of para-hydroxylation sites is 1. The highest BCUT2D eigenvalue weighted by atomic mass is 35.5. The van der Waals surface area contributed by atoms with Gasteiger partial charge in [-0.25, -0.2) is 15.0 Å². The predicted octanol–water partition coefficient (Wildman–Crippen LogP) is 2.81. The number of H-pyrrole nitrogens is 1. The Morgan fingerprint density at radius 1 is 1.14 bits per heavy atom. The second kappa shape index (κ2) is 5.96. The zero-order chi connectivity index (χ0) is 15.7. The molecule has 2 N–H and O–H groups in total. The third-order valence-electron chi connectivity index (χ3n) is 2.72. The number of thiocarbonyl (C=S) groups is 1. The van der Waals surface area contributed by atoms with Crippen LogP contribution in [-0.2, 0) is 0 Å². The van der Waals surface area contributed by atoms with E-state index in [1.807, 2.05) is 0 Å². The molecule has 0 aliphatic rings. The van der Waals surface area contributed by atoms with E-state index in [0.717, 1.165) is 0 Å². The Kier molecular flexibility index (Phi) is 4.02. The van der Waals surface area contributed by atoms with Crippen molar-refractivity contribution < 1.29 is 0 Å². The van der Waals surface area contributed by atoms with Crippen LogP contribution in [0.15, 0.2) is 35.1 Å². The summed E-state index contributed by atoms with van der Waals surface area (Å²) in [5.41, 5.74) is 0.255. The minimum absolute atomic E-state index is 0.123. The summed E-state index contributed by atoms with van der Waals surface area (Å²) in [4.78, 5) is 26.9. The van der Waals surface area contributed by atoms with Gasteiger partial charge < -0.3 is 10.3 Å². The third kappa shape index (κ3) is 3.06. The van der Waals surface area contributed by atoms with E-state index in [1.54, 1.807) is 24.3 Å². The lowest BCUT2D eigenvalue weighted by Crippen LogP contribution is -2.21. The van der Waals surface area contributed by atoms with E-state index < -0.39 is 0 Å². The lowest BCUT2D eigenvalue weighted by Gasteiger charge is -2.07. The van der Waals surface area contributed by atoms with Crippen molar-refractivity contribution in [3.8, 4) is 0 Å². The first-order valence-electron chi connectivity index (χ1n) is 6.03. The fraction of sp³-hybridized carbons (Fsp3) is 0. The van der Waals surface area contributed by atoms with Gasteiger partial charge >= 0.3 is 0 Å². The van der Waals surface area contributed by atoms with Crippen molar-refractivity contribution in [2.45, 2.75) is 0 Å². The summed E-state index contributed by atoms with van der Waals surface area (Å²) in [7, 11) is 0. The molecule has 2 aromatic heterocycles. The summed E-state index contributed by atoms with van der Waals surface area (Å²) in [5.74, 6) is 0.330. The molecule has 0 fully saturated rings. The minimum Gasteiger partial charge on any atom is -0.312 e. The van der Waals surface area contributed by atoms with E-state index in [2.05, 4.69) is 25.3 Å². The van der Waals surface area contributed by atoms with E-state index in [-0.39, 0.29) is 32.6 Å². The second-order valence-corrected chi connectivity index (χ2v) is 5.41. The highest BCUT2D eigenvalue weighted by molar-refractivity contribution is 7.81. The van der Waals surface area contributed by atoms with Gasteiger partial charge in [-0.05, 0) is 12.1 Å². The predicted molar refractivity (Wildman–Crippen MR) is 89.7 cm³/mol. The number of hydrogen-bond acceptors (Lipinski definition) is 5. The van der Waals surface area contributed by atoms with Gasteiger partial charge in [0.1, 0.15) is 15.3 Å². The molecule has 1 aromatic carbocycles. The number of aromatic nitrogens is 4. The monoisotopic (exact) mass is 351 g/mol. The Labute approximate surface area is 139 Å². The Morgan fingerprint density at radius 3 is 2.55 bits per heavy atom. The topological polar surface area (TPSA) is 83.6 Å². The largest absolute Gasteiger partial charge is 0.312 e. The first kappa shape index (κ1) is 14.8. The second-order valence-electron chi connectivity index (χ2n) is 4.22. The lowest BCUT2D eigenvalue weighted by molar-refractivity contribution is 1.13. The number of halogens is 2. The van der Waals surface area contributed by atoms with Gasteiger partial charge in [-0.3, -0.25) is 4.79 Å². The zero-order valence-electron chi connectivity index (χ0n) is 10.8. The smallest absolute Gasteiger partial charge is 0.259 e. The van der Waals surface area contributed by atoms with Crippen molar-refractivity contribution in [2.75, 3.05) is 5.32 Å². The van der Waals surface area contributed by atoms with Crippen molar-refractivity contribution in [1.29, 1.82) is 0 Å². The van der Waals surface area contributed by atoms with E-state index in [0.29, 0.717) is 10.9 Å². The molecule has 0 saturated carbocycles. The van der Waals surface area contributed by atoms with Gasteiger partial charge in [0.15, 0.2) is 5.82 Å². The average molecular weight is 352 g/mol. The molecule has 0 atom stereocenters. The van der Waals surface area contributed by atoms with Crippen LogP contribution in [0, 0.1) is 0 Å². The first-order chi connectivity index (χ1) is 10.5. The molecule has 0 radical (unpaired) electrons. The SMILES string of the molecule is O=c1[nH]c(C(=S)Nc2nc(Cl)cc(Cl)n2)nc2ccccc12. The maximum absolute atomic E-state index is 12.0. The van der Waals surface area contributed by atoms with Gasteiger partial charge in [-0.15, -0.1) is 0 Å². The number of aromatic amines is 1. The maximum Gasteiger partial charge on any atom is 0.259 e. The summed E-state index contributed by atoms with van der Waals surface area (Å²) in [6.07, 6.45) is 0. The normalized spacial score (nSPS) is 10.6. The van der Waals surface area contributed by atoms with Crippen LogP contribution >= 0.6 is 35.4 Å². The molecule has 0 spiro atoms. The molecule has 0 aliphatic heterocycles. The van der Waals surface area contributed by atoms with E-state index in [4.69, 9.17) is 35.4 Å². The first-order valence-corrected chi connectivity index (χ1v) is 7.20. The molecule has 0 saturated heterocycles. The standard InChI is InChI=1S/C13H7Cl2N5OS/c14-8-5-9(15)18-13(17-8)20-12(22)10-16-7-4-2-1-3-6(7)11(21)19-10/h1-5H,(H,16,19,21)(H,17,18,20,22). The maximum atomic E-state index is 12.0. The van der Waals surface area contributed by atoms with Crippen LogP contribution in [0.5, 0.6) is 0 Å². The molecule has 3 aromatic rings. The summed E-state index contributed by atoms with van der Waals surface area (Å²) in [6.45, 7) is 0. The van der Waals surface area contributed by atoms with Gasteiger partial charge in [-0.1, -0.05) is 47.6 Å². The van der Waals surface area contributed by atoms with E-state index >= 15 is 0 Å². The van der Waals surface area contributed by atoms with Crippen LogP contribution in [0.3, 0.4) is 0 Å². The molecule has 0 bridgehead atoms. The molecular weight excluding hydrogens is 345 g/mol. The van der Waals surface area contributed by atoms with Crippen molar-refractivity contribution >= 4 is 57.3 Å². The van der Waals surface area contributed by atoms with E-state index in [1.165, 1.54) is 6.07 Å². The number of fused-ring (bicyclic) bond motifs is 1. The molecule has 110 valence electrons. The highest BCUT2D eigenvalue weighted by Crippen LogP contribution is 2.15. The third-order valence-corrected chi connectivity index (χ3v) is 3.40. The highest BCUT2D eigenvalue weighted by Gasteiger charge is 2.10. The summed E-state index contributed by atoms with van der Waals surface area (Å²) >= 11 is 16.8. The molecule has 22 heavy (non-hydrogen) atoms. The molecule has 6 nitrogen and oxygen atoms in total. The number of hydrogen-bond donors (Lipinski definition) is 2. The number of benzene rings is 1. The molecule has 0 unspecified atom stereocenters. The number of nitrogens with zero attached hydrogens (tertiary/aromatic N) is 3. The Balaban J connectivity index is 1.97. The quantitative estimate of drug-likeness (QED) is 0.545. The van der Waals surface area contributed by atoms with E-state index in [9.17, 15) is 4.79 Å². The molecule has 9 heteroatoms.